The highest BCUT2D eigenvalue weighted by molar-refractivity contribution is 5.99. The Morgan fingerprint density at radius 2 is 1.67 bits per heavy atom. The largest absolute Gasteiger partial charge is 0.304 e. The van der Waals surface area contributed by atoms with E-state index in [0.29, 0.717) is 19.1 Å². The molecule has 0 saturated carbocycles. The van der Waals surface area contributed by atoms with Crippen molar-refractivity contribution in [3.05, 3.63) is 0 Å². The number of hydrogen-bond acceptors (Lipinski definition) is 5. The number of carbonyl (C=O) groups is 2. The molecule has 0 aromatic heterocycles. The summed E-state index contributed by atoms with van der Waals surface area (Å²) in [6.45, 7) is 7.92. The minimum absolute atomic E-state index is 0.183. The lowest BCUT2D eigenvalue weighted by Crippen LogP contribution is -2.56. The Balaban J connectivity index is 1.81. The van der Waals surface area contributed by atoms with E-state index in [4.69, 9.17) is 0 Å². The number of rotatable bonds is 3. The minimum atomic E-state index is -0.183. The molecule has 2 rings (SSSR count). The zero-order valence-corrected chi connectivity index (χ0v) is 11.2. The molecule has 0 bridgehead atoms. The first-order valence-corrected chi connectivity index (χ1v) is 6.52. The maximum Gasteiger partial charge on any atom is 0.240 e. The van der Waals surface area contributed by atoms with Gasteiger partial charge in [0.25, 0.3) is 0 Å². The third-order valence-electron chi connectivity index (χ3n) is 3.70. The van der Waals surface area contributed by atoms with Crippen LogP contribution in [0.2, 0.25) is 0 Å². The molecule has 1 atom stereocenters. The first kappa shape index (κ1) is 13.5. The molecule has 18 heavy (non-hydrogen) atoms. The quantitative estimate of drug-likeness (QED) is 0.627. The van der Waals surface area contributed by atoms with E-state index in [-0.39, 0.29) is 11.8 Å². The Bertz CT molecular complexity index is 310. The summed E-state index contributed by atoms with van der Waals surface area (Å²) < 4.78 is 0. The number of amides is 2. The molecule has 0 aromatic carbocycles. The van der Waals surface area contributed by atoms with Crippen molar-refractivity contribution < 1.29 is 9.59 Å². The van der Waals surface area contributed by atoms with E-state index in [2.05, 4.69) is 29.1 Å². The summed E-state index contributed by atoms with van der Waals surface area (Å²) >= 11 is 0. The molecule has 102 valence electrons. The highest BCUT2D eigenvalue weighted by Gasteiger charge is 2.26. The average Bonchev–Trinajstić information content (AvgIpc) is 2.28. The van der Waals surface area contributed by atoms with Gasteiger partial charge in [-0.3, -0.25) is 24.7 Å². The molecule has 0 spiro atoms. The molecule has 2 amide bonds. The van der Waals surface area contributed by atoms with Gasteiger partial charge in [0.1, 0.15) is 0 Å². The smallest absolute Gasteiger partial charge is 0.240 e. The molecule has 6 heteroatoms. The molecule has 2 heterocycles. The van der Waals surface area contributed by atoms with E-state index in [0.717, 1.165) is 32.7 Å². The SMILES string of the molecule is C[C@@H](CN1CC(=O)NC(=O)C1)N1CCN(C)CC1. The van der Waals surface area contributed by atoms with Gasteiger partial charge in [0.05, 0.1) is 13.1 Å². The van der Waals surface area contributed by atoms with Gasteiger partial charge >= 0.3 is 0 Å². The molecule has 2 fully saturated rings. The van der Waals surface area contributed by atoms with Crippen LogP contribution < -0.4 is 5.32 Å². The normalized spacial score (nSPS) is 26.1. The molecule has 2 aliphatic rings. The first-order valence-electron chi connectivity index (χ1n) is 6.52. The van der Waals surface area contributed by atoms with Gasteiger partial charge in [-0.05, 0) is 14.0 Å². The van der Waals surface area contributed by atoms with Crippen LogP contribution in [0.5, 0.6) is 0 Å². The zero-order chi connectivity index (χ0) is 13.1. The van der Waals surface area contributed by atoms with Crippen LogP contribution in [0.1, 0.15) is 6.92 Å². The number of nitrogens with one attached hydrogen (secondary N) is 1. The average molecular weight is 254 g/mol. The number of imide groups is 1. The predicted octanol–water partition coefficient (Wildman–Crippen LogP) is -1.42. The van der Waals surface area contributed by atoms with Crippen LogP contribution in [0.15, 0.2) is 0 Å². The van der Waals surface area contributed by atoms with Crippen molar-refractivity contribution in [1.29, 1.82) is 0 Å². The fourth-order valence-corrected chi connectivity index (χ4v) is 2.58. The first-order chi connectivity index (χ1) is 8.54. The standard InChI is InChI=1S/C12H22N4O2/c1-10(16-5-3-14(2)4-6-16)7-15-8-11(17)13-12(18)9-15/h10H,3-9H2,1-2H3,(H,13,17,18)/t10-/m0/s1. The lowest BCUT2D eigenvalue weighted by Gasteiger charge is -2.38. The molecule has 0 aromatic rings. The molecule has 0 unspecified atom stereocenters. The number of carbonyl (C=O) groups excluding carboxylic acids is 2. The van der Waals surface area contributed by atoms with Gasteiger partial charge in [-0.2, -0.15) is 0 Å². The summed E-state index contributed by atoms with van der Waals surface area (Å²) in [6, 6.07) is 0.386. The van der Waals surface area contributed by atoms with Crippen LogP contribution in [0.3, 0.4) is 0 Å². The summed E-state index contributed by atoms with van der Waals surface area (Å²) in [4.78, 5) is 29.3. The summed E-state index contributed by atoms with van der Waals surface area (Å²) in [5, 5.41) is 2.33. The van der Waals surface area contributed by atoms with Gasteiger partial charge in [-0.25, -0.2) is 0 Å². The van der Waals surface area contributed by atoms with Crippen molar-refractivity contribution in [3.8, 4) is 0 Å². The fraction of sp³-hybridized carbons (Fsp3) is 0.833. The second-order valence-corrected chi connectivity index (χ2v) is 5.33. The zero-order valence-electron chi connectivity index (χ0n) is 11.2. The van der Waals surface area contributed by atoms with E-state index >= 15 is 0 Å². The van der Waals surface area contributed by atoms with Gasteiger partial charge in [-0.1, -0.05) is 0 Å². The third kappa shape index (κ3) is 3.51. The van der Waals surface area contributed by atoms with Crippen molar-refractivity contribution >= 4 is 11.8 Å². The molecular weight excluding hydrogens is 232 g/mol. The van der Waals surface area contributed by atoms with Gasteiger partial charge < -0.3 is 4.90 Å². The molecule has 1 N–H and O–H groups in total. The fourth-order valence-electron chi connectivity index (χ4n) is 2.58. The number of piperazine rings is 2. The van der Waals surface area contributed by atoms with Gasteiger partial charge in [0.2, 0.25) is 11.8 Å². The summed E-state index contributed by atoms with van der Waals surface area (Å²) in [5.41, 5.74) is 0. The van der Waals surface area contributed by atoms with Crippen LogP contribution in [0.4, 0.5) is 0 Å². The van der Waals surface area contributed by atoms with E-state index in [1.54, 1.807) is 0 Å². The van der Waals surface area contributed by atoms with E-state index in [9.17, 15) is 9.59 Å². The molecule has 2 saturated heterocycles. The van der Waals surface area contributed by atoms with Crippen LogP contribution in [-0.2, 0) is 9.59 Å². The van der Waals surface area contributed by atoms with Gasteiger partial charge in [-0.15, -0.1) is 0 Å². The van der Waals surface area contributed by atoms with E-state index < -0.39 is 0 Å². The van der Waals surface area contributed by atoms with Crippen molar-refractivity contribution in [1.82, 2.24) is 20.0 Å². The van der Waals surface area contributed by atoms with Crippen molar-refractivity contribution in [2.24, 2.45) is 0 Å². The Kier molecular flexibility index (Phi) is 4.31. The predicted molar refractivity (Wildman–Crippen MR) is 68.1 cm³/mol. The summed E-state index contributed by atoms with van der Waals surface area (Å²) in [6.07, 6.45) is 0. The maximum atomic E-state index is 11.3. The van der Waals surface area contributed by atoms with Crippen molar-refractivity contribution in [2.45, 2.75) is 13.0 Å². The molecule has 2 aliphatic heterocycles. The summed E-state index contributed by atoms with van der Waals surface area (Å²) in [7, 11) is 2.13. The lowest BCUT2D eigenvalue weighted by molar-refractivity contribution is -0.136. The van der Waals surface area contributed by atoms with Crippen LogP contribution in [0, 0.1) is 0 Å². The Labute approximate surface area is 108 Å². The number of likely N-dealkylation sites (N-methyl/N-ethyl adjacent to an activating group) is 1. The van der Waals surface area contributed by atoms with Gasteiger partial charge in [0.15, 0.2) is 0 Å². The van der Waals surface area contributed by atoms with E-state index in [1.807, 2.05) is 4.90 Å². The summed E-state index contributed by atoms with van der Waals surface area (Å²) in [5.74, 6) is -0.367. The molecule has 6 nitrogen and oxygen atoms in total. The monoisotopic (exact) mass is 254 g/mol. The topological polar surface area (TPSA) is 55.9 Å². The number of nitrogens with zero attached hydrogens (tertiary/aromatic N) is 3. The molecule has 0 aliphatic carbocycles. The van der Waals surface area contributed by atoms with Crippen molar-refractivity contribution in [3.63, 3.8) is 0 Å². The third-order valence-corrected chi connectivity index (χ3v) is 3.70. The highest BCUT2D eigenvalue weighted by Crippen LogP contribution is 2.07. The Hall–Kier alpha value is -0.980. The van der Waals surface area contributed by atoms with Crippen LogP contribution >= 0.6 is 0 Å². The Morgan fingerprint density at radius 3 is 2.22 bits per heavy atom. The molecular formula is C12H22N4O2. The van der Waals surface area contributed by atoms with Crippen LogP contribution in [-0.4, -0.2) is 85.4 Å². The molecule has 0 radical (unpaired) electrons. The maximum absolute atomic E-state index is 11.3. The lowest BCUT2D eigenvalue weighted by atomic mass is 10.2. The number of hydrogen-bond donors (Lipinski definition) is 1. The van der Waals surface area contributed by atoms with Crippen LogP contribution in [0.25, 0.3) is 0 Å². The second kappa shape index (κ2) is 5.77. The second-order valence-electron chi connectivity index (χ2n) is 5.33. The highest BCUT2D eigenvalue weighted by atomic mass is 16.2. The van der Waals surface area contributed by atoms with E-state index in [1.165, 1.54) is 0 Å². The van der Waals surface area contributed by atoms with Gasteiger partial charge in [0, 0.05) is 38.8 Å². The van der Waals surface area contributed by atoms with Crippen molar-refractivity contribution in [2.75, 3.05) is 52.9 Å². The Morgan fingerprint density at radius 1 is 1.11 bits per heavy atom. The minimum Gasteiger partial charge on any atom is -0.304 e.